The van der Waals surface area contributed by atoms with Crippen LogP contribution in [0, 0.1) is 0 Å². The van der Waals surface area contributed by atoms with Crippen LogP contribution in [0.25, 0.3) is 0 Å². The topological polar surface area (TPSA) is 84.6 Å². The van der Waals surface area contributed by atoms with Gasteiger partial charge in [0.15, 0.2) is 5.96 Å². The van der Waals surface area contributed by atoms with Gasteiger partial charge in [-0.25, -0.2) is 0 Å². The van der Waals surface area contributed by atoms with E-state index in [9.17, 15) is 22.8 Å². The Morgan fingerprint density at radius 1 is 1.22 bits per heavy atom. The second-order valence-electron chi connectivity index (χ2n) is 3.74. The molecule has 0 aliphatic carbocycles. The van der Waals surface area contributed by atoms with Gasteiger partial charge < -0.3 is 15.8 Å². The lowest BCUT2D eigenvalue weighted by atomic mass is 10.1. The largest absolute Gasteiger partial charge is 0.473 e. The van der Waals surface area contributed by atoms with E-state index in [0.29, 0.717) is 19.4 Å². The van der Waals surface area contributed by atoms with Crippen LogP contribution in [-0.2, 0) is 9.59 Å². The van der Waals surface area contributed by atoms with Crippen LogP contribution in [0.5, 0.6) is 0 Å². The van der Waals surface area contributed by atoms with E-state index < -0.39 is 18.0 Å². The monoisotopic (exact) mass is 267 g/mol. The molecule has 104 valence electrons. The van der Waals surface area contributed by atoms with Crippen LogP contribution in [0.2, 0.25) is 0 Å². The minimum absolute atomic E-state index is 0.0970. The fraction of sp³-hybridized carbons (Fsp3) is 0.700. The molecule has 0 aliphatic heterocycles. The third kappa shape index (κ3) is 8.54. The molecule has 0 unspecified atom stereocenters. The van der Waals surface area contributed by atoms with Crippen LogP contribution in [0.3, 0.4) is 0 Å². The molecule has 5 nitrogen and oxygen atoms in total. The number of alkyl halides is 3. The number of unbranched alkanes of at least 4 members (excludes halogenated alkanes) is 2. The van der Waals surface area contributed by atoms with E-state index in [1.54, 1.807) is 0 Å². The minimum atomic E-state index is -5.01. The number of carbonyl (C=O) groups excluding carboxylic acids is 2. The van der Waals surface area contributed by atoms with E-state index in [0.717, 1.165) is 12.8 Å². The van der Waals surface area contributed by atoms with Gasteiger partial charge in [0.05, 0.1) is 0 Å². The van der Waals surface area contributed by atoms with Crippen molar-refractivity contribution in [2.45, 2.75) is 38.8 Å². The number of amides is 1. The van der Waals surface area contributed by atoms with Gasteiger partial charge in [-0.3, -0.25) is 4.79 Å². The lowest BCUT2D eigenvalue weighted by Crippen LogP contribution is -2.35. The third-order valence-electron chi connectivity index (χ3n) is 1.98. The maximum absolute atomic E-state index is 11.8. The number of aliphatic imine (C=N–C) groups is 1. The van der Waals surface area contributed by atoms with E-state index in [2.05, 4.69) is 10.3 Å². The van der Waals surface area contributed by atoms with Gasteiger partial charge in [0, 0.05) is 13.0 Å². The first-order valence-corrected chi connectivity index (χ1v) is 5.42. The molecule has 0 spiro atoms. The average molecular weight is 267 g/mol. The SMILES string of the molecule is CC(=O)CCCCCNC(N)=NC(=O)C(F)(F)F. The second-order valence-corrected chi connectivity index (χ2v) is 3.74. The number of ketones is 1. The molecule has 0 heterocycles. The lowest BCUT2D eigenvalue weighted by molar-refractivity contribution is -0.169. The molecule has 0 bridgehead atoms. The summed E-state index contributed by atoms with van der Waals surface area (Å²) in [7, 11) is 0. The van der Waals surface area contributed by atoms with Crippen molar-refractivity contribution >= 4 is 17.6 Å². The molecule has 0 fully saturated rings. The van der Waals surface area contributed by atoms with Gasteiger partial charge >= 0.3 is 12.1 Å². The fourth-order valence-electron chi connectivity index (χ4n) is 1.10. The highest BCUT2D eigenvalue weighted by Gasteiger charge is 2.38. The van der Waals surface area contributed by atoms with Crippen molar-refractivity contribution in [3.63, 3.8) is 0 Å². The van der Waals surface area contributed by atoms with E-state index in [1.165, 1.54) is 6.92 Å². The van der Waals surface area contributed by atoms with Crippen molar-refractivity contribution in [3.05, 3.63) is 0 Å². The number of hydrogen-bond acceptors (Lipinski definition) is 2. The Bertz CT molecular complexity index is 327. The summed E-state index contributed by atoms with van der Waals surface area (Å²) in [5.74, 6) is -2.69. The molecule has 18 heavy (non-hydrogen) atoms. The summed E-state index contributed by atoms with van der Waals surface area (Å²) in [6, 6.07) is 0. The van der Waals surface area contributed by atoms with Gasteiger partial charge in [-0.2, -0.15) is 18.2 Å². The van der Waals surface area contributed by atoms with E-state index >= 15 is 0 Å². The summed E-state index contributed by atoms with van der Waals surface area (Å²) in [6.45, 7) is 1.80. The molecule has 1 amide bonds. The molecule has 3 N–H and O–H groups in total. The van der Waals surface area contributed by atoms with Gasteiger partial charge in [-0.1, -0.05) is 6.42 Å². The molecule has 8 heteroatoms. The smallest absolute Gasteiger partial charge is 0.370 e. The summed E-state index contributed by atoms with van der Waals surface area (Å²) in [5.41, 5.74) is 5.10. The summed E-state index contributed by atoms with van der Waals surface area (Å²) in [4.78, 5) is 23.7. The summed E-state index contributed by atoms with van der Waals surface area (Å²) in [5, 5.41) is 2.40. The predicted molar refractivity (Wildman–Crippen MR) is 59.8 cm³/mol. The molecule has 0 atom stereocenters. The Labute approximate surface area is 103 Å². The van der Waals surface area contributed by atoms with Gasteiger partial charge in [-0.05, 0) is 19.8 Å². The van der Waals surface area contributed by atoms with Gasteiger partial charge in [0.1, 0.15) is 5.78 Å². The zero-order chi connectivity index (χ0) is 14.2. The number of guanidine groups is 1. The summed E-state index contributed by atoms with van der Waals surface area (Å²) in [6.07, 6.45) is -2.43. The maximum atomic E-state index is 11.8. The molecule has 0 saturated heterocycles. The molecular formula is C10H16F3N3O2. The van der Waals surface area contributed by atoms with Gasteiger partial charge in [0.2, 0.25) is 0 Å². The van der Waals surface area contributed by atoms with E-state index in [-0.39, 0.29) is 5.78 Å². The number of halogens is 3. The molecule has 0 radical (unpaired) electrons. The van der Waals surface area contributed by atoms with Crippen molar-refractivity contribution in [2.24, 2.45) is 10.7 Å². The Morgan fingerprint density at radius 2 is 1.83 bits per heavy atom. The van der Waals surface area contributed by atoms with Crippen LogP contribution < -0.4 is 11.1 Å². The van der Waals surface area contributed by atoms with Crippen LogP contribution in [0.1, 0.15) is 32.6 Å². The minimum Gasteiger partial charge on any atom is -0.370 e. The Kier molecular flexibility index (Phi) is 6.99. The number of Topliss-reactive ketones (excluding diaryl/α,β-unsaturated/α-hetero) is 1. The predicted octanol–water partition coefficient (Wildman–Crippen LogP) is 1.13. The molecule has 0 aliphatic rings. The Hall–Kier alpha value is -1.60. The Balaban J connectivity index is 3.77. The molecule has 0 saturated carbocycles. The fourth-order valence-corrected chi connectivity index (χ4v) is 1.10. The van der Waals surface area contributed by atoms with Gasteiger partial charge in [0.25, 0.3) is 0 Å². The summed E-state index contributed by atoms with van der Waals surface area (Å²) >= 11 is 0. The highest BCUT2D eigenvalue weighted by atomic mass is 19.4. The zero-order valence-electron chi connectivity index (χ0n) is 10.0. The highest BCUT2D eigenvalue weighted by molar-refractivity contribution is 5.94. The number of nitrogens with two attached hydrogens (primary N) is 1. The number of carbonyl (C=O) groups is 2. The van der Waals surface area contributed by atoms with Crippen molar-refractivity contribution in [1.82, 2.24) is 5.32 Å². The third-order valence-corrected chi connectivity index (χ3v) is 1.98. The van der Waals surface area contributed by atoms with Crippen molar-refractivity contribution < 1.29 is 22.8 Å². The average Bonchev–Trinajstić information content (AvgIpc) is 2.21. The van der Waals surface area contributed by atoms with Crippen LogP contribution in [-0.4, -0.2) is 30.4 Å². The molecule has 0 rings (SSSR count). The lowest BCUT2D eigenvalue weighted by Gasteiger charge is -2.05. The molecule has 0 aromatic heterocycles. The highest BCUT2D eigenvalue weighted by Crippen LogP contribution is 2.15. The number of rotatable bonds is 6. The summed E-state index contributed by atoms with van der Waals surface area (Å²) < 4.78 is 35.4. The first kappa shape index (κ1) is 16.4. The van der Waals surface area contributed by atoms with Crippen LogP contribution in [0.4, 0.5) is 13.2 Å². The van der Waals surface area contributed by atoms with Crippen LogP contribution >= 0.6 is 0 Å². The number of nitrogens with one attached hydrogen (secondary N) is 1. The maximum Gasteiger partial charge on any atom is 0.473 e. The van der Waals surface area contributed by atoms with Crippen molar-refractivity contribution in [2.75, 3.05) is 6.54 Å². The Morgan fingerprint density at radius 3 is 2.33 bits per heavy atom. The number of hydrogen-bond donors (Lipinski definition) is 2. The zero-order valence-corrected chi connectivity index (χ0v) is 10.0. The normalized spacial score (nSPS) is 12.3. The molecule has 0 aromatic rings. The van der Waals surface area contributed by atoms with E-state index in [1.807, 2.05) is 0 Å². The van der Waals surface area contributed by atoms with Gasteiger partial charge in [-0.15, -0.1) is 0 Å². The standard InChI is InChI=1S/C10H16F3N3O2/c1-7(17)5-3-2-4-6-15-9(14)16-8(18)10(11,12)13/h2-6H2,1H3,(H3,14,15,16,18). The second kappa shape index (κ2) is 7.67. The van der Waals surface area contributed by atoms with E-state index in [4.69, 9.17) is 5.73 Å². The van der Waals surface area contributed by atoms with Crippen molar-refractivity contribution in [1.29, 1.82) is 0 Å². The first-order valence-electron chi connectivity index (χ1n) is 5.42. The quantitative estimate of drug-likeness (QED) is 0.429. The van der Waals surface area contributed by atoms with Crippen molar-refractivity contribution in [3.8, 4) is 0 Å². The molecule has 0 aromatic carbocycles. The first-order chi connectivity index (χ1) is 8.23. The van der Waals surface area contributed by atoms with Crippen LogP contribution in [0.15, 0.2) is 4.99 Å². The number of nitrogens with zero attached hydrogens (tertiary/aromatic N) is 1. The molecular weight excluding hydrogens is 251 g/mol.